The van der Waals surface area contributed by atoms with Crippen LogP contribution in [0, 0.1) is 22.7 Å². The topological polar surface area (TPSA) is 93.1 Å². The van der Waals surface area contributed by atoms with Crippen molar-refractivity contribution in [3.05, 3.63) is 35.9 Å². The van der Waals surface area contributed by atoms with Crippen LogP contribution >= 0.6 is 0 Å². The summed E-state index contributed by atoms with van der Waals surface area (Å²) in [6.45, 7) is 3.84. The van der Waals surface area contributed by atoms with E-state index in [9.17, 15) is 19.8 Å². The first-order valence-electron chi connectivity index (χ1n) is 10.0. The van der Waals surface area contributed by atoms with E-state index < -0.39 is 40.4 Å². The van der Waals surface area contributed by atoms with E-state index in [1.165, 1.54) is 0 Å². The summed E-state index contributed by atoms with van der Waals surface area (Å²) in [5.41, 5.74) is -2.07. The number of esters is 2. The predicted molar refractivity (Wildman–Crippen MR) is 100 cm³/mol. The lowest BCUT2D eigenvalue weighted by Crippen LogP contribution is -2.68. The Kier molecular flexibility index (Phi) is 4.55. The van der Waals surface area contributed by atoms with Crippen LogP contribution in [0.2, 0.25) is 0 Å². The lowest BCUT2D eigenvalue weighted by molar-refractivity contribution is -0.238. The highest BCUT2D eigenvalue weighted by atomic mass is 16.6. The van der Waals surface area contributed by atoms with Crippen molar-refractivity contribution >= 4 is 11.9 Å². The van der Waals surface area contributed by atoms with Crippen LogP contribution in [-0.2, 0) is 14.3 Å². The van der Waals surface area contributed by atoms with E-state index >= 15 is 0 Å². The van der Waals surface area contributed by atoms with E-state index in [2.05, 4.69) is 0 Å². The molecule has 0 aromatic heterocycles. The molecule has 0 unspecified atom stereocenters. The van der Waals surface area contributed by atoms with Crippen LogP contribution in [0.1, 0.15) is 49.9 Å². The number of benzene rings is 1. The molecule has 6 nitrogen and oxygen atoms in total. The van der Waals surface area contributed by atoms with Crippen molar-refractivity contribution in [3.63, 3.8) is 0 Å². The highest BCUT2D eigenvalue weighted by Gasteiger charge is 2.71. The lowest BCUT2D eigenvalue weighted by Gasteiger charge is -2.62. The molecule has 1 heterocycles. The Morgan fingerprint density at radius 3 is 2.64 bits per heavy atom. The van der Waals surface area contributed by atoms with Gasteiger partial charge in [-0.2, -0.15) is 0 Å². The van der Waals surface area contributed by atoms with E-state index in [-0.39, 0.29) is 25.6 Å². The first-order chi connectivity index (χ1) is 13.2. The van der Waals surface area contributed by atoms with E-state index in [1.54, 1.807) is 24.3 Å². The lowest BCUT2D eigenvalue weighted by atomic mass is 9.44. The molecule has 1 aliphatic heterocycles. The van der Waals surface area contributed by atoms with Gasteiger partial charge in [-0.1, -0.05) is 38.5 Å². The minimum Gasteiger partial charge on any atom is -0.462 e. The third-order valence-corrected chi connectivity index (χ3v) is 7.63. The van der Waals surface area contributed by atoms with Gasteiger partial charge < -0.3 is 19.7 Å². The Hall–Kier alpha value is -1.92. The molecule has 1 saturated heterocycles. The third-order valence-electron chi connectivity index (χ3n) is 7.63. The van der Waals surface area contributed by atoms with Gasteiger partial charge in [0.1, 0.15) is 18.3 Å². The van der Waals surface area contributed by atoms with Gasteiger partial charge in [-0.25, -0.2) is 4.79 Å². The third kappa shape index (κ3) is 2.61. The average Bonchev–Trinajstić information content (AvgIpc) is 2.98. The number of rotatable bonds is 3. The minimum atomic E-state index is -1.30. The second kappa shape index (κ2) is 6.56. The van der Waals surface area contributed by atoms with E-state index in [0.29, 0.717) is 12.0 Å². The second-order valence-electron chi connectivity index (χ2n) is 9.19. The maximum absolute atomic E-state index is 12.8. The van der Waals surface area contributed by atoms with Gasteiger partial charge in [0, 0.05) is 24.4 Å². The maximum Gasteiger partial charge on any atom is 0.338 e. The molecule has 0 spiro atoms. The molecule has 2 N–H and O–H groups in total. The van der Waals surface area contributed by atoms with Gasteiger partial charge in [-0.15, -0.1) is 0 Å². The number of ether oxygens (including phenoxy) is 2. The van der Waals surface area contributed by atoms with Crippen LogP contribution < -0.4 is 0 Å². The summed E-state index contributed by atoms with van der Waals surface area (Å²) in [5.74, 6) is -1.87. The number of hydrogen-bond donors (Lipinski definition) is 2. The number of aliphatic hydroxyl groups excluding tert-OH is 1. The fourth-order valence-corrected chi connectivity index (χ4v) is 6.16. The standard InChI is InChI=1S/C22H28O6/c1-20(12-23)9-6-10-21(2)17(20)16(11-15-19(25)27-13-22(15,21)26)28-18(24)14-7-4-3-5-8-14/h3-5,7-8,15-17,23,26H,6,9-13H2,1-2H3/t15-,16-,17-,20+,21+,22-/m1/s1. The zero-order valence-electron chi connectivity index (χ0n) is 16.4. The summed E-state index contributed by atoms with van der Waals surface area (Å²) in [6.07, 6.45) is 1.93. The molecule has 2 aliphatic carbocycles. The Morgan fingerprint density at radius 2 is 1.96 bits per heavy atom. The molecule has 28 heavy (non-hydrogen) atoms. The highest BCUT2D eigenvalue weighted by molar-refractivity contribution is 5.89. The molecule has 0 radical (unpaired) electrons. The normalized spacial score (nSPS) is 42.3. The number of carbonyl (C=O) groups excluding carboxylic acids is 2. The number of fused-ring (bicyclic) bond motifs is 3. The number of cyclic esters (lactones) is 1. The number of aliphatic hydroxyl groups is 2. The van der Waals surface area contributed by atoms with Crippen LogP contribution in [0.25, 0.3) is 0 Å². The van der Waals surface area contributed by atoms with Crippen molar-refractivity contribution in [2.45, 2.75) is 51.2 Å². The number of carbonyl (C=O) groups is 2. The molecular formula is C22H28O6. The molecule has 1 aromatic rings. The fourth-order valence-electron chi connectivity index (χ4n) is 6.16. The summed E-state index contributed by atoms with van der Waals surface area (Å²) in [5, 5.41) is 21.8. The molecular weight excluding hydrogens is 360 g/mol. The van der Waals surface area contributed by atoms with Gasteiger partial charge in [0.2, 0.25) is 0 Å². The summed E-state index contributed by atoms with van der Waals surface area (Å²) >= 11 is 0. The largest absolute Gasteiger partial charge is 0.462 e. The van der Waals surface area contributed by atoms with Crippen LogP contribution in [0.3, 0.4) is 0 Å². The van der Waals surface area contributed by atoms with Crippen molar-refractivity contribution in [2.24, 2.45) is 22.7 Å². The molecule has 0 amide bonds. The van der Waals surface area contributed by atoms with Gasteiger partial charge in [0.25, 0.3) is 0 Å². The van der Waals surface area contributed by atoms with Crippen LogP contribution in [0.5, 0.6) is 0 Å². The quantitative estimate of drug-likeness (QED) is 0.772. The maximum atomic E-state index is 12.8. The smallest absolute Gasteiger partial charge is 0.338 e. The fraction of sp³-hybridized carbons (Fsp3) is 0.636. The van der Waals surface area contributed by atoms with E-state index in [4.69, 9.17) is 9.47 Å². The van der Waals surface area contributed by atoms with Gasteiger partial charge in [-0.05, 0) is 30.4 Å². The van der Waals surface area contributed by atoms with E-state index in [1.807, 2.05) is 19.9 Å². The van der Waals surface area contributed by atoms with Crippen molar-refractivity contribution < 1.29 is 29.3 Å². The van der Waals surface area contributed by atoms with Crippen LogP contribution in [0.15, 0.2) is 30.3 Å². The van der Waals surface area contributed by atoms with Crippen molar-refractivity contribution in [1.29, 1.82) is 0 Å². The first-order valence-corrected chi connectivity index (χ1v) is 10.0. The van der Waals surface area contributed by atoms with Gasteiger partial charge in [-0.3, -0.25) is 4.79 Å². The van der Waals surface area contributed by atoms with Gasteiger partial charge in [0.05, 0.1) is 11.5 Å². The van der Waals surface area contributed by atoms with E-state index in [0.717, 1.165) is 12.8 Å². The van der Waals surface area contributed by atoms with Crippen molar-refractivity contribution in [1.82, 2.24) is 0 Å². The van der Waals surface area contributed by atoms with Gasteiger partial charge >= 0.3 is 11.9 Å². The molecule has 152 valence electrons. The molecule has 1 aromatic carbocycles. The SMILES string of the molecule is C[C@@]1(CO)CCC[C@@]2(C)[C@@H]1[C@H](OC(=O)c1ccccc1)C[C@@H]1C(=O)OC[C@@]12O. The zero-order valence-corrected chi connectivity index (χ0v) is 16.4. The average molecular weight is 388 g/mol. The minimum absolute atomic E-state index is 0.0373. The molecule has 6 atom stereocenters. The molecule has 2 saturated carbocycles. The summed E-state index contributed by atoms with van der Waals surface area (Å²) < 4.78 is 11.2. The first kappa shape index (κ1) is 19.4. The molecule has 0 bridgehead atoms. The second-order valence-corrected chi connectivity index (χ2v) is 9.19. The summed E-state index contributed by atoms with van der Waals surface area (Å²) in [7, 11) is 0. The Labute approximate surface area is 164 Å². The van der Waals surface area contributed by atoms with Crippen molar-refractivity contribution in [3.8, 4) is 0 Å². The van der Waals surface area contributed by atoms with Crippen LogP contribution in [0.4, 0.5) is 0 Å². The molecule has 4 rings (SSSR count). The van der Waals surface area contributed by atoms with Crippen molar-refractivity contribution in [2.75, 3.05) is 13.2 Å². The molecule has 3 aliphatic rings. The predicted octanol–water partition coefficient (Wildman–Crippen LogP) is 2.32. The highest BCUT2D eigenvalue weighted by Crippen LogP contribution is 2.64. The Balaban J connectivity index is 1.74. The summed E-state index contributed by atoms with van der Waals surface area (Å²) in [4.78, 5) is 25.2. The van der Waals surface area contributed by atoms with Gasteiger partial charge in [0.15, 0.2) is 0 Å². The Morgan fingerprint density at radius 1 is 1.25 bits per heavy atom. The molecule has 6 heteroatoms. The summed E-state index contributed by atoms with van der Waals surface area (Å²) in [6, 6.07) is 8.75. The Bertz CT molecular complexity index is 778. The number of hydrogen-bond acceptors (Lipinski definition) is 6. The molecule has 3 fully saturated rings. The monoisotopic (exact) mass is 388 g/mol. The van der Waals surface area contributed by atoms with Crippen LogP contribution in [-0.4, -0.2) is 47.1 Å². The zero-order chi connectivity index (χ0) is 20.2.